The van der Waals surface area contributed by atoms with Crippen molar-refractivity contribution in [3.63, 3.8) is 0 Å². The second-order valence-electron chi connectivity index (χ2n) is 8.22. The topological polar surface area (TPSA) is 0 Å². The molecule has 0 spiro atoms. The van der Waals surface area contributed by atoms with E-state index in [1.165, 1.54) is 38.5 Å². The van der Waals surface area contributed by atoms with Crippen molar-refractivity contribution in [2.75, 3.05) is 0 Å². The predicted octanol–water partition coefficient (Wildman–Crippen LogP) is 7.03. The normalized spacial score (nSPS) is 36.1. The van der Waals surface area contributed by atoms with Crippen LogP contribution in [-0.2, 0) is 0 Å². The molecule has 2 fully saturated rings. The van der Waals surface area contributed by atoms with Gasteiger partial charge in [0.05, 0.1) is 0 Å². The average molecular weight is 354 g/mol. The van der Waals surface area contributed by atoms with Gasteiger partial charge in [-0.2, -0.15) is 13.2 Å². The number of rotatable bonds is 5. The molecule has 2 unspecified atom stereocenters. The molecule has 2 saturated carbocycles. The summed E-state index contributed by atoms with van der Waals surface area (Å²) >= 11 is 0. The first kappa shape index (κ1) is 20.0. The number of hydrogen-bond acceptors (Lipinski definition) is 0. The van der Waals surface area contributed by atoms with E-state index in [4.69, 9.17) is 0 Å². The zero-order valence-electron chi connectivity index (χ0n) is 14.8. The van der Waals surface area contributed by atoms with Crippen LogP contribution in [0.1, 0.15) is 78.1 Å². The highest BCUT2D eigenvalue weighted by Crippen LogP contribution is 2.47. The fourth-order valence-corrected chi connectivity index (χ4v) is 4.86. The maximum absolute atomic E-state index is 14.2. The minimum absolute atomic E-state index is 0.346. The van der Waals surface area contributed by atoms with Gasteiger partial charge in [-0.1, -0.05) is 32.6 Å². The van der Waals surface area contributed by atoms with Crippen LogP contribution in [0.2, 0.25) is 0 Å². The summed E-state index contributed by atoms with van der Waals surface area (Å²) in [6.45, 7) is 2.55. The molecule has 0 amide bonds. The summed E-state index contributed by atoms with van der Waals surface area (Å²) in [4.78, 5) is 0. The van der Waals surface area contributed by atoms with E-state index in [0.29, 0.717) is 31.6 Å². The molecule has 0 bridgehead atoms. The van der Waals surface area contributed by atoms with Crippen molar-refractivity contribution in [3.8, 4) is 0 Å². The maximum atomic E-state index is 14.2. The second kappa shape index (κ2) is 7.90. The second-order valence-corrected chi connectivity index (χ2v) is 8.22. The molecule has 0 N–H and O–H groups in total. The van der Waals surface area contributed by atoms with Gasteiger partial charge in [-0.15, -0.1) is 0 Å². The zero-order chi connectivity index (χ0) is 18.0. The molecule has 2 rings (SSSR count). The number of hydrogen-bond donors (Lipinski definition) is 0. The lowest BCUT2D eigenvalue weighted by atomic mass is 9.67. The van der Waals surface area contributed by atoms with Crippen LogP contribution in [0.5, 0.6) is 0 Å². The molecule has 142 valence electrons. The molecule has 5 heteroatoms. The van der Waals surface area contributed by atoms with Gasteiger partial charge >= 0.3 is 6.18 Å². The SMILES string of the molecule is CCCC1CCC(C2CCC(C(F)C(C)(F)C(F)(F)F)CC2)CC1. The van der Waals surface area contributed by atoms with Crippen LogP contribution in [0, 0.1) is 23.7 Å². The number of halogens is 5. The van der Waals surface area contributed by atoms with Gasteiger partial charge in [0.25, 0.3) is 0 Å². The van der Waals surface area contributed by atoms with E-state index in [0.717, 1.165) is 18.8 Å². The average Bonchev–Trinajstić information content (AvgIpc) is 2.54. The lowest BCUT2D eigenvalue weighted by Crippen LogP contribution is -2.50. The third-order valence-corrected chi connectivity index (χ3v) is 6.56. The maximum Gasteiger partial charge on any atom is 0.425 e. The molecule has 0 aromatic heterocycles. The van der Waals surface area contributed by atoms with E-state index in [-0.39, 0.29) is 0 Å². The molecule has 0 saturated heterocycles. The van der Waals surface area contributed by atoms with Crippen molar-refractivity contribution < 1.29 is 22.0 Å². The van der Waals surface area contributed by atoms with Gasteiger partial charge in [0.2, 0.25) is 5.67 Å². The molecule has 2 aliphatic carbocycles. The van der Waals surface area contributed by atoms with Crippen LogP contribution in [0.3, 0.4) is 0 Å². The van der Waals surface area contributed by atoms with E-state index >= 15 is 0 Å². The van der Waals surface area contributed by atoms with Crippen LogP contribution in [0.4, 0.5) is 22.0 Å². The monoisotopic (exact) mass is 354 g/mol. The molecule has 0 nitrogen and oxygen atoms in total. The Morgan fingerprint density at radius 3 is 1.71 bits per heavy atom. The van der Waals surface area contributed by atoms with Crippen molar-refractivity contribution in [2.24, 2.45) is 23.7 Å². The van der Waals surface area contributed by atoms with Crippen molar-refractivity contribution >= 4 is 0 Å². The van der Waals surface area contributed by atoms with Crippen molar-refractivity contribution in [3.05, 3.63) is 0 Å². The van der Waals surface area contributed by atoms with Gasteiger partial charge in [0.15, 0.2) is 0 Å². The third-order valence-electron chi connectivity index (χ3n) is 6.56. The van der Waals surface area contributed by atoms with E-state index < -0.39 is 23.9 Å². The molecule has 0 radical (unpaired) electrons. The largest absolute Gasteiger partial charge is 0.425 e. The van der Waals surface area contributed by atoms with Crippen LogP contribution in [-0.4, -0.2) is 18.0 Å². The quantitative estimate of drug-likeness (QED) is 0.465. The highest BCUT2D eigenvalue weighted by molar-refractivity contribution is 4.95. The molecular formula is C19H31F5. The van der Waals surface area contributed by atoms with Crippen LogP contribution < -0.4 is 0 Å². The van der Waals surface area contributed by atoms with Crippen LogP contribution in [0.25, 0.3) is 0 Å². The predicted molar refractivity (Wildman–Crippen MR) is 86.3 cm³/mol. The minimum atomic E-state index is -5.14. The summed E-state index contributed by atoms with van der Waals surface area (Å²) in [7, 11) is 0. The first-order valence-electron chi connectivity index (χ1n) is 9.56. The Hall–Kier alpha value is -0.350. The Morgan fingerprint density at radius 1 is 0.833 bits per heavy atom. The number of alkyl halides is 5. The lowest BCUT2D eigenvalue weighted by Gasteiger charge is -2.40. The summed E-state index contributed by atoms with van der Waals surface area (Å²) in [5, 5.41) is 0. The molecular weight excluding hydrogens is 323 g/mol. The van der Waals surface area contributed by atoms with Gasteiger partial charge in [-0.25, -0.2) is 8.78 Å². The minimum Gasteiger partial charge on any atom is -0.243 e. The smallest absolute Gasteiger partial charge is 0.243 e. The summed E-state index contributed by atoms with van der Waals surface area (Å²) < 4.78 is 66.1. The van der Waals surface area contributed by atoms with Gasteiger partial charge < -0.3 is 0 Å². The molecule has 24 heavy (non-hydrogen) atoms. The van der Waals surface area contributed by atoms with Crippen molar-refractivity contribution in [1.29, 1.82) is 0 Å². The Kier molecular flexibility index (Phi) is 6.58. The zero-order valence-corrected chi connectivity index (χ0v) is 14.8. The summed E-state index contributed by atoms with van der Waals surface area (Å²) in [5.74, 6) is 1.16. The van der Waals surface area contributed by atoms with Gasteiger partial charge in [0, 0.05) is 0 Å². The Labute approximate surface area is 142 Å². The first-order valence-corrected chi connectivity index (χ1v) is 9.56. The van der Waals surface area contributed by atoms with Gasteiger partial charge in [-0.3, -0.25) is 0 Å². The molecule has 0 aliphatic heterocycles. The highest BCUT2D eigenvalue weighted by atomic mass is 19.4. The lowest BCUT2D eigenvalue weighted by molar-refractivity contribution is -0.250. The summed E-state index contributed by atoms with van der Waals surface area (Å²) in [6, 6.07) is 0. The fourth-order valence-electron chi connectivity index (χ4n) is 4.86. The van der Waals surface area contributed by atoms with E-state index in [2.05, 4.69) is 6.92 Å². The van der Waals surface area contributed by atoms with Gasteiger partial charge in [-0.05, 0) is 69.1 Å². The van der Waals surface area contributed by atoms with Crippen molar-refractivity contribution in [1.82, 2.24) is 0 Å². The van der Waals surface area contributed by atoms with Gasteiger partial charge in [0.1, 0.15) is 6.17 Å². The summed E-state index contributed by atoms with van der Waals surface area (Å²) in [5.41, 5.74) is -3.73. The standard InChI is InChI=1S/C19H31F5/c1-3-4-13-5-7-14(8-6-13)15-9-11-16(12-10-15)17(20)18(2,21)19(22,23)24/h13-17H,3-12H2,1-2H3. The van der Waals surface area contributed by atoms with Crippen LogP contribution >= 0.6 is 0 Å². The van der Waals surface area contributed by atoms with Crippen LogP contribution in [0.15, 0.2) is 0 Å². The highest BCUT2D eigenvalue weighted by Gasteiger charge is 2.59. The van der Waals surface area contributed by atoms with E-state index in [1.54, 1.807) is 0 Å². The summed E-state index contributed by atoms with van der Waals surface area (Å²) in [6.07, 6.45) is 2.10. The third kappa shape index (κ3) is 4.43. The fraction of sp³-hybridized carbons (Fsp3) is 1.00. The molecule has 2 aliphatic rings. The molecule has 2 atom stereocenters. The van der Waals surface area contributed by atoms with E-state index in [1.807, 2.05) is 0 Å². The molecule has 0 heterocycles. The Bertz CT molecular complexity index is 374. The van der Waals surface area contributed by atoms with Crippen molar-refractivity contribution in [2.45, 2.75) is 96.1 Å². The molecule has 0 aromatic carbocycles. The Balaban J connectivity index is 1.82. The Morgan fingerprint density at radius 2 is 1.29 bits per heavy atom. The first-order chi connectivity index (χ1) is 11.2. The molecule has 0 aromatic rings. The van der Waals surface area contributed by atoms with E-state index in [9.17, 15) is 22.0 Å².